The van der Waals surface area contributed by atoms with Gasteiger partial charge in [-0.25, -0.2) is 0 Å². The van der Waals surface area contributed by atoms with E-state index in [-0.39, 0.29) is 0 Å². The molecule has 0 aromatic carbocycles. The number of likely N-dealkylation sites (tertiary alicyclic amines) is 1. The van der Waals surface area contributed by atoms with Gasteiger partial charge in [-0.2, -0.15) is 0 Å². The van der Waals surface area contributed by atoms with Crippen LogP contribution in [0.4, 0.5) is 0 Å². The summed E-state index contributed by atoms with van der Waals surface area (Å²) in [5, 5.41) is 0. The maximum absolute atomic E-state index is 6.14. The molecule has 0 radical (unpaired) electrons. The summed E-state index contributed by atoms with van der Waals surface area (Å²) < 4.78 is 5.50. The molecule has 1 unspecified atom stereocenters. The number of nitrogens with two attached hydrogens (primary N) is 1. The third kappa shape index (κ3) is 3.19. The van der Waals surface area contributed by atoms with E-state index in [0.29, 0.717) is 11.6 Å². The molecule has 2 saturated heterocycles. The molecule has 0 aromatic heterocycles. The molecule has 2 N–H and O–H groups in total. The maximum Gasteiger partial charge on any atom is 0.0594 e. The molecule has 0 amide bonds. The normalized spacial score (nSPS) is 41.7. The first kappa shape index (κ1) is 14.8. The van der Waals surface area contributed by atoms with Crippen molar-refractivity contribution in [2.75, 3.05) is 39.4 Å². The molecule has 116 valence electrons. The lowest BCUT2D eigenvalue weighted by molar-refractivity contribution is -0.0405. The van der Waals surface area contributed by atoms with Crippen LogP contribution in [0.15, 0.2) is 0 Å². The highest BCUT2D eigenvalue weighted by atomic mass is 16.5. The van der Waals surface area contributed by atoms with Gasteiger partial charge >= 0.3 is 0 Å². The lowest BCUT2D eigenvalue weighted by Gasteiger charge is -2.49. The summed E-state index contributed by atoms with van der Waals surface area (Å²) in [6.45, 7) is 8.94. The van der Waals surface area contributed by atoms with Crippen LogP contribution in [0.1, 0.15) is 45.4 Å². The Hall–Kier alpha value is -0.160. The highest BCUT2D eigenvalue weighted by Crippen LogP contribution is 2.36. The van der Waals surface area contributed by atoms with Crippen molar-refractivity contribution in [3.05, 3.63) is 0 Å². The minimum atomic E-state index is 0.413. The molecule has 3 rings (SSSR count). The van der Waals surface area contributed by atoms with E-state index in [1.807, 2.05) is 0 Å². The predicted molar refractivity (Wildman–Crippen MR) is 81.8 cm³/mol. The Morgan fingerprint density at radius 1 is 1.05 bits per heavy atom. The van der Waals surface area contributed by atoms with Crippen molar-refractivity contribution >= 4 is 0 Å². The average molecular weight is 281 g/mol. The Kier molecular flexibility index (Phi) is 4.65. The maximum atomic E-state index is 6.14. The van der Waals surface area contributed by atoms with Crippen molar-refractivity contribution in [3.8, 4) is 0 Å². The van der Waals surface area contributed by atoms with Gasteiger partial charge in [0.05, 0.1) is 13.2 Å². The van der Waals surface area contributed by atoms with Crippen molar-refractivity contribution in [1.82, 2.24) is 9.80 Å². The minimum Gasteiger partial charge on any atom is -0.379 e. The van der Waals surface area contributed by atoms with Gasteiger partial charge in [-0.3, -0.25) is 9.80 Å². The summed E-state index contributed by atoms with van der Waals surface area (Å²) in [7, 11) is 0. The largest absolute Gasteiger partial charge is 0.379 e. The highest BCUT2D eigenvalue weighted by Gasteiger charge is 2.38. The SMILES string of the molecule is CC1(N2CCOCC2)CCC(N2CCCC(N)C2)CC1. The molecule has 0 aromatic rings. The summed E-state index contributed by atoms with van der Waals surface area (Å²) in [4.78, 5) is 5.35. The second-order valence-corrected chi connectivity index (χ2v) is 7.22. The lowest BCUT2D eigenvalue weighted by atomic mass is 9.78. The van der Waals surface area contributed by atoms with Gasteiger partial charge in [-0.15, -0.1) is 0 Å². The van der Waals surface area contributed by atoms with Gasteiger partial charge in [-0.1, -0.05) is 0 Å². The number of ether oxygens (including phenoxy) is 1. The van der Waals surface area contributed by atoms with Crippen molar-refractivity contribution in [2.24, 2.45) is 5.73 Å². The van der Waals surface area contributed by atoms with Gasteiger partial charge in [0.15, 0.2) is 0 Å². The predicted octanol–water partition coefficient (Wildman–Crippen LogP) is 1.44. The fourth-order valence-corrected chi connectivity index (χ4v) is 4.38. The smallest absolute Gasteiger partial charge is 0.0594 e. The molecule has 1 atom stereocenters. The van der Waals surface area contributed by atoms with E-state index in [1.165, 1.54) is 45.1 Å². The molecule has 20 heavy (non-hydrogen) atoms. The molecular formula is C16H31N3O. The first-order valence-electron chi connectivity index (χ1n) is 8.50. The second-order valence-electron chi connectivity index (χ2n) is 7.22. The van der Waals surface area contributed by atoms with Crippen molar-refractivity contribution in [3.63, 3.8) is 0 Å². The molecule has 4 heteroatoms. The fraction of sp³-hybridized carbons (Fsp3) is 1.00. The fourth-order valence-electron chi connectivity index (χ4n) is 4.38. The number of morpholine rings is 1. The van der Waals surface area contributed by atoms with E-state index in [2.05, 4.69) is 16.7 Å². The molecule has 1 saturated carbocycles. The Labute approximate surface area is 123 Å². The monoisotopic (exact) mass is 281 g/mol. The van der Waals surface area contributed by atoms with E-state index in [9.17, 15) is 0 Å². The number of rotatable bonds is 2. The Bertz CT molecular complexity index is 309. The topological polar surface area (TPSA) is 41.7 Å². The zero-order valence-corrected chi connectivity index (χ0v) is 13.0. The first-order chi connectivity index (χ1) is 9.67. The van der Waals surface area contributed by atoms with Gasteiger partial charge in [0.1, 0.15) is 0 Å². The van der Waals surface area contributed by atoms with Crippen LogP contribution in [0.5, 0.6) is 0 Å². The van der Waals surface area contributed by atoms with Gasteiger partial charge < -0.3 is 10.5 Å². The Morgan fingerprint density at radius 2 is 1.75 bits per heavy atom. The van der Waals surface area contributed by atoms with Crippen LogP contribution in [-0.2, 0) is 4.74 Å². The standard InChI is InChI=1S/C16H31N3O/c1-16(19-9-11-20-12-10-19)6-4-15(5-7-16)18-8-2-3-14(17)13-18/h14-15H,2-13,17H2,1H3. The summed E-state index contributed by atoms with van der Waals surface area (Å²) >= 11 is 0. The quantitative estimate of drug-likeness (QED) is 0.832. The van der Waals surface area contributed by atoms with Crippen LogP contribution in [0.3, 0.4) is 0 Å². The zero-order chi connectivity index (χ0) is 14.0. The molecule has 2 heterocycles. The van der Waals surface area contributed by atoms with E-state index >= 15 is 0 Å². The molecule has 0 spiro atoms. The molecule has 4 nitrogen and oxygen atoms in total. The summed E-state index contributed by atoms with van der Waals surface area (Å²) in [5.41, 5.74) is 6.55. The minimum absolute atomic E-state index is 0.413. The number of hydrogen-bond donors (Lipinski definition) is 1. The van der Waals surface area contributed by atoms with Crippen LogP contribution in [0.25, 0.3) is 0 Å². The second kappa shape index (κ2) is 6.30. The van der Waals surface area contributed by atoms with Crippen LogP contribution in [-0.4, -0.2) is 66.8 Å². The number of piperidine rings is 1. The van der Waals surface area contributed by atoms with Gasteiger partial charge in [0.2, 0.25) is 0 Å². The summed E-state index contributed by atoms with van der Waals surface area (Å²) in [5.74, 6) is 0. The molecule has 3 fully saturated rings. The van der Waals surface area contributed by atoms with Crippen molar-refractivity contribution in [1.29, 1.82) is 0 Å². The number of hydrogen-bond acceptors (Lipinski definition) is 4. The van der Waals surface area contributed by atoms with Gasteiger partial charge in [0.25, 0.3) is 0 Å². The molecular weight excluding hydrogens is 250 g/mol. The lowest BCUT2D eigenvalue weighted by Crippen LogP contribution is -2.56. The third-order valence-electron chi connectivity index (χ3n) is 5.81. The first-order valence-corrected chi connectivity index (χ1v) is 8.50. The number of nitrogens with zero attached hydrogens (tertiary/aromatic N) is 2. The van der Waals surface area contributed by atoms with Gasteiger partial charge in [0, 0.05) is 37.3 Å². The summed E-state index contributed by atoms with van der Waals surface area (Å²) in [6, 6.07) is 1.20. The van der Waals surface area contributed by atoms with E-state index in [4.69, 9.17) is 10.5 Å². The third-order valence-corrected chi connectivity index (χ3v) is 5.81. The van der Waals surface area contributed by atoms with Crippen molar-refractivity contribution in [2.45, 2.75) is 63.1 Å². The van der Waals surface area contributed by atoms with E-state index in [0.717, 1.165) is 38.9 Å². The molecule has 1 aliphatic carbocycles. The van der Waals surface area contributed by atoms with Crippen LogP contribution < -0.4 is 5.73 Å². The van der Waals surface area contributed by atoms with Crippen LogP contribution in [0, 0.1) is 0 Å². The van der Waals surface area contributed by atoms with E-state index < -0.39 is 0 Å². The molecule has 0 bridgehead atoms. The molecule has 2 aliphatic heterocycles. The highest BCUT2D eigenvalue weighted by molar-refractivity contribution is 4.95. The zero-order valence-electron chi connectivity index (χ0n) is 13.0. The molecule has 3 aliphatic rings. The van der Waals surface area contributed by atoms with Crippen LogP contribution >= 0.6 is 0 Å². The average Bonchev–Trinajstić information content (AvgIpc) is 2.49. The van der Waals surface area contributed by atoms with E-state index in [1.54, 1.807) is 0 Å². The van der Waals surface area contributed by atoms with Gasteiger partial charge in [-0.05, 0) is 52.0 Å². The van der Waals surface area contributed by atoms with Crippen molar-refractivity contribution < 1.29 is 4.74 Å². The Balaban J connectivity index is 1.53. The van der Waals surface area contributed by atoms with Crippen LogP contribution in [0.2, 0.25) is 0 Å². The Morgan fingerprint density at radius 3 is 2.40 bits per heavy atom. The summed E-state index contributed by atoms with van der Waals surface area (Å²) in [6.07, 6.45) is 7.88.